The van der Waals surface area contributed by atoms with Gasteiger partial charge in [-0.3, -0.25) is 0 Å². The van der Waals surface area contributed by atoms with Crippen LogP contribution < -0.4 is 5.32 Å². The minimum atomic E-state index is 0.298. The lowest BCUT2D eigenvalue weighted by molar-refractivity contribution is 0.147. The Balaban J connectivity index is 1.83. The van der Waals surface area contributed by atoms with Crippen LogP contribution in [-0.2, 0) is 0 Å². The Labute approximate surface area is 117 Å². The summed E-state index contributed by atoms with van der Waals surface area (Å²) in [4.78, 5) is 10.1. The molecule has 108 valence electrons. The van der Waals surface area contributed by atoms with Crippen molar-refractivity contribution in [2.75, 3.05) is 19.6 Å². The van der Waals surface area contributed by atoms with Gasteiger partial charge in [-0.1, -0.05) is 6.92 Å². The second-order valence-corrected chi connectivity index (χ2v) is 5.85. The zero-order valence-corrected chi connectivity index (χ0v) is 12.5. The van der Waals surface area contributed by atoms with Gasteiger partial charge in [0.05, 0.1) is 6.04 Å². The molecule has 3 atom stereocenters. The van der Waals surface area contributed by atoms with Crippen LogP contribution in [0.15, 0.2) is 12.4 Å². The van der Waals surface area contributed by atoms with Crippen LogP contribution in [0, 0.1) is 5.92 Å². The van der Waals surface area contributed by atoms with Crippen LogP contribution in [0.5, 0.6) is 0 Å². The summed E-state index contributed by atoms with van der Waals surface area (Å²) in [6.07, 6.45) is 7.66. The van der Waals surface area contributed by atoms with Crippen molar-refractivity contribution in [3.05, 3.63) is 18.2 Å². The molecule has 2 N–H and O–H groups in total. The van der Waals surface area contributed by atoms with Crippen molar-refractivity contribution in [2.45, 2.75) is 52.1 Å². The van der Waals surface area contributed by atoms with Crippen molar-refractivity contribution in [1.29, 1.82) is 0 Å². The van der Waals surface area contributed by atoms with E-state index in [1.54, 1.807) is 0 Å². The predicted octanol–water partition coefficient (Wildman–Crippen LogP) is 2.57. The Bertz CT molecular complexity index is 347. The van der Waals surface area contributed by atoms with Crippen LogP contribution >= 0.6 is 0 Å². The molecular weight excluding hydrogens is 236 g/mol. The molecule has 1 aliphatic heterocycles. The number of nitrogens with zero attached hydrogens (tertiary/aromatic N) is 2. The molecule has 2 rings (SSSR count). The summed E-state index contributed by atoms with van der Waals surface area (Å²) in [5, 5.41) is 3.69. The normalized spacial score (nSPS) is 24.3. The van der Waals surface area contributed by atoms with Crippen molar-refractivity contribution >= 4 is 0 Å². The molecule has 2 heterocycles. The average Bonchev–Trinajstić information content (AvgIpc) is 2.93. The lowest BCUT2D eigenvalue weighted by Gasteiger charge is -2.36. The van der Waals surface area contributed by atoms with Crippen molar-refractivity contribution in [2.24, 2.45) is 5.92 Å². The molecule has 3 unspecified atom stereocenters. The number of nitrogens with one attached hydrogen (secondary N) is 2. The van der Waals surface area contributed by atoms with Crippen LogP contribution in [0.3, 0.4) is 0 Å². The highest BCUT2D eigenvalue weighted by atomic mass is 15.1. The number of H-pyrrole nitrogens is 1. The molecule has 1 aromatic heterocycles. The molecule has 1 fully saturated rings. The fourth-order valence-electron chi connectivity index (χ4n) is 3.14. The van der Waals surface area contributed by atoms with Gasteiger partial charge < -0.3 is 15.2 Å². The van der Waals surface area contributed by atoms with Gasteiger partial charge >= 0.3 is 0 Å². The maximum Gasteiger partial charge on any atom is 0.122 e. The van der Waals surface area contributed by atoms with Gasteiger partial charge in [-0.15, -0.1) is 0 Å². The molecule has 1 aromatic rings. The second kappa shape index (κ2) is 7.06. The van der Waals surface area contributed by atoms with Crippen LogP contribution in [0.2, 0.25) is 0 Å². The third-order valence-electron chi connectivity index (χ3n) is 4.23. The van der Waals surface area contributed by atoms with Gasteiger partial charge in [-0.2, -0.15) is 0 Å². The van der Waals surface area contributed by atoms with Crippen molar-refractivity contribution in [3.63, 3.8) is 0 Å². The fraction of sp³-hybridized carbons (Fsp3) is 0.800. The number of hydrogen-bond donors (Lipinski definition) is 2. The van der Waals surface area contributed by atoms with E-state index in [9.17, 15) is 0 Å². The number of aromatic nitrogens is 2. The monoisotopic (exact) mass is 264 g/mol. The molecule has 1 saturated heterocycles. The first-order chi connectivity index (χ1) is 9.20. The molecule has 19 heavy (non-hydrogen) atoms. The van der Waals surface area contributed by atoms with Crippen molar-refractivity contribution < 1.29 is 0 Å². The van der Waals surface area contributed by atoms with E-state index in [0.717, 1.165) is 11.7 Å². The maximum absolute atomic E-state index is 4.33. The van der Waals surface area contributed by atoms with Crippen LogP contribution in [0.25, 0.3) is 0 Å². The molecule has 0 aliphatic carbocycles. The van der Waals surface area contributed by atoms with Gasteiger partial charge in [-0.05, 0) is 52.1 Å². The highest BCUT2D eigenvalue weighted by Crippen LogP contribution is 2.21. The van der Waals surface area contributed by atoms with Crippen LogP contribution in [0.1, 0.15) is 51.9 Å². The van der Waals surface area contributed by atoms with E-state index in [1.807, 2.05) is 12.4 Å². The van der Waals surface area contributed by atoms with E-state index in [1.165, 1.54) is 38.9 Å². The van der Waals surface area contributed by atoms with E-state index in [4.69, 9.17) is 0 Å². The van der Waals surface area contributed by atoms with Gasteiger partial charge in [0.2, 0.25) is 0 Å². The molecule has 0 spiro atoms. The average molecular weight is 264 g/mol. The van der Waals surface area contributed by atoms with Gasteiger partial charge in [-0.25, -0.2) is 4.98 Å². The molecule has 4 heteroatoms. The number of rotatable bonds is 6. The minimum absolute atomic E-state index is 0.298. The topological polar surface area (TPSA) is 44.0 Å². The zero-order valence-electron chi connectivity index (χ0n) is 12.5. The van der Waals surface area contributed by atoms with Crippen molar-refractivity contribution in [1.82, 2.24) is 20.2 Å². The number of hydrogen-bond acceptors (Lipinski definition) is 3. The molecule has 1 aliphatic rings. The summed E-state index contributed by atoms with van der Waals surface area (Å²) in [7, 11) is 0. The first kappa shape index (κ1) is 14.5. The highest BCUT2D eigenvalue weighted by Gasteiger charge is 2.25. The standard InChI is InChI=1S/C15H28N4/c1-4-9-19-10-5-6-14(11-19)12(2)18-13(3)15-16-7-8-17-15/h7-8,12-14,18H,4-6,9-11H2,1-3H3,(H,16,17). The smallest absolute Gasteiger partial charge is 0.122 e. The first-order valence-electron chi connectivity index (χ1n) is 7.68. The molecule has 0 radical (unpaired) electrons. The predicted molar refractivity (Wildman–Crippen MR) is 79.1 cm³/mol. The maximum atomic E-state index is 4.33. The Morgan fingerprint density at radius 2 is 2.37 bits per heavy atom. The van der Waals surface area contributed by atoms with Gasteiger partial charge in [0.1, 0.15) is 5.82 Å². The number of aromatic amines is 1. The first-order valence-corrected chi connectivity index (χ1v) is 7.68. The molecule has 0 bridgehead atoms. The summed E-state index contributed by atoms with van der Waals surface area (Å²) in [6.45, 7) is 10.5. The van der Waals surface area contributed by atoms with E-state index >= 15 is 0 Å². The summed E-state index contributed by atoms with van der Waals surface area (Å²) in [5.41, 5.74) is 0. The Morgan fingerprint density at radius 1 is 1.53 bits per heavy atom. The Hall–Kier alpha value is -0.870. The second-order valence-electron chi connectivity index (χ2n) is 5.85. The number of imidazole rings is 1. The SMILES string of the molecule is CCCN1CCCC(C(C)NC(C)c2ncc[nH]2)C1. The summed E-state index contributed by atoms with van der Waals surface area (Å²) >= 11 is 0. The molecule has 0 amide bonds. The summed E-state index contributed by atoms with van der Waals surface area (Å²) in [6, 6.07) is 0.839. The van der Waals surface area contributed by atoms with E-state index < -0.39 is 0 Å². The Kier molecular flexibility index (Phi) is 5.40. The van der Waals surface area contributed by atoms with E-state index in [2.05, 4.69) is 41.0 Å². The summed E-state index contributed by atoms with van der Waals surface area (Å²) < 4.78 is 0. The fourth-order valence-corrected chi connectivity index (χ4v) is 3.14. The largest absolute Gasteiger partial charge is 0.347 e. The number of piperidine rings is 1. The Morgan fingerprint density at radius 3 is 3.05 bits per heavy atom. The summed E-state index contributed by atoms with van der Waals surface area (Å²) in [5.74, 6) is 1.80. The van der Waals surface area contributed by atoms with Crippen molar-refractivity contribution in [3.8, 4) is 0 Å². The number of likely N-dealkylation sites (tertiary alicyclic amines) is 1. The highest BCUT2D eigenvalue weighted by molar-refractivity contribution is 4.95. The molecule has 4 nitrogen and oxygen atoms in total. The third-order valence-corrected chi connectivity index (χ3v) is 4.23. The van der Waals surface area contributed by atoms with E-state index in [0.29, 0.717) is 12.1 Å². The lowest BCUT2D eigenvalue weighted by atomic mass is 9.91. The van der Waals surface area contributed by atoms with Gasteiger partial charge in [0.15, 0.2) is 0 Å². The molecule has 0 saturated carbocycles. The third kappa shape index (κ3) is 4.05. The van der Waals surface area contributed by atoms with Crippen LogP contribution in [0.4, 0.5) is 0 Å². The lowest BCUT2D eigenvalue weighted by Crippen LogP contribution is -2.45. The molecule has 0 aromatic carbocycles. The van der Waals surface area contributed by atoms with Gasteiger partial charge in [0.25, 0.3) is 0 Å². The quantitative estimate of drug-likeness (QED) is 0.830. The van der Waals surface area contributed by atoms with Gasteiger partial charge in [0, 0.05) is 25.0 Å². The molecular formula is C15H28N4. The minimum Gasteiger partial charge on any atom is -0.347 e. The van der Waals surface area contributed by atoms with E-state index in [-0.39, 0.29) is 0 Å². The van der Waals surface area contributed by atoms with Crippen LogP contribution in [-0.4, -0.2) is 40.5 Å². The zero-order chi connectivity index (χ0) is 13.7.